The van der Waals surface area contributed by atoms with Crippen molar-refractivity contribution in [3.63, 3.8) is 0 Å². The number of pyridine rings is 1. The quantitative estimate of drug-likeness (QED) is 0.590. The Morgan fingerprint density at radius 1 is 1.19 bits per heavy atom. The normalized spacial score (nSPS) is 23.5. The van der Waals surface area contributed by atoms with E-state index in [-0.39, 0.29) is 17.7 Å². The number of methoxy groups -OCH3 is 1. The van der Waals surface area contributed by atoms with E-state index in [1.54, 1.807) is 24.3 Å². The number of rotatable bonds is 4. The molecule has 2 aliphatic heterocycles. The number of alkyl halides is 3. The molecule has 1 aliphatic carbocycles. The summed E-state index contributed by atoms with van der Waals surface area (Å²) in [4.78, 5) is 30.0. The van der Waals surface area contributed by atoms with E-state index in [1.807, 2.05) is 0 Å². The van der Waals surface area contributed by atoms with Crippen LogP contribution in [0.3, 0.4) is 0 Å². The van der Waals surface area contributed by atoms with Crippen LogP contribution in [0.2, 0.25) is 0 Å². The maximum absolute atomic E-state index is 13.7. The number of benzene rings is 1. The lowest BCUT2D eigenvalue weighted by Gasteiger charge is -2.23. The molecule has 1 atom stereocenters. The van der Waals surface area contributed by atoms with E-state index in [0.29, 0.717) is 37.1 Å². The highest BCUT2D eigenvalue weighted by Gasteiger charge is 2.56. The number of hydrogen-bond acceptors (Lipinski definition) is 6. The molecular weight excluding hydrogens is 413 g/mol. The van der Waals surface area contributed by atoms with Gasteiger partial charge in [-0.3, -0.25) is 4.79 Å². The zero-order valence-electron chi connectivity index (χ0n) is 16.6. The SMILES string of the molecule is COc1ccc(C2(C(=O)c3nc(C(F)(F)F)cc4c3C(=O)O[C@]43CCNC3)CC2)cc1. The zero-order valence-corrected chi connectivity index (χ0v) is 16.6. The first-order chi connectivity index (χ1) is 14.7. The largest absolute Gasteiger partial charge is 0.497 e. The number of ketones is 1. The molecule has 1 spiro atoms. The first kappa shape index (κ1) is 20.0. The molecule has 3 heterocycles. The summed E-state index contributed by atoms with van der Waals surface area (Å²) in [5.74, 6) is -0.780. The number of carbonyl (C=O) groups excluding carboxylic acids is 2. The molecule has 1 aromatic heterocycles. The minimum absolute atomic E-state index is 0.0960. The van der Waals surface area contributed by atoms with Crippen LogP contribution < -0.4 is 10.1 Å². The van der Waals surface area contributed by atoms with Crippen molar-refractivity contribution in [3.8, 4) is 5.75 Å². The van der Waals surface area contributed by atoms with Gasteiger partial charge in [-0.05, 0) is 43.1 Å². The molecule has 0 bridgehead atoms. The summed E-state index contributed by atoms with van der Waals surface area (Å²) >= 11 is 0. The van der Waals surface area contributed by atoms with Crippen LogP contribution in [-0.4, -0.2) is 36.9 Å². The molecule has 162 valence electrons. The lowest BCUT2D eigenvalue weighted by molar-refractivity contribution is -0.141. The first-order valence-corrected chi connectivity index (χ1v) is 9.96. The van der Waals surface area contributed by atoms with E-state index in [9.17, 15) is 22.8 Å². The smallest absolute Gasteiger partial charge is 0.433 e. The van der Waals surface area contributed by atoms with E-state index in [1.165, 1.54) is 7.11 Å². The number of nitrogens with one attached hydrogen (secondary N) is 1. The summed E-state index contributed by atoms with van der Waals surface area (Å²) in [5, 5.41) is 3.03. The summed E-state index contributed by atoms with van der Waals surface area (Å²) in [6.07, 6.45) is -3.50. The number of ether oxygens (including phenoxy) is 2. The molecule has 1 N–H and O–H groups in total. The van der Waals surface area contributed by atoms with Crippen molar-refractivity contribution in [2.75, 3.05) is 20.2 Å². The van der Waals surface area contributed by atoms with Gasteiger partial charge in [-0.2, -0.15) is 13.2 Å². The summed E-state index contributed by atoms with van der Waals surface area (Å²) in [7, 11) is 1.52. The van der Waals surface area contributed by atoms with Crippen molar-refractivity contribution in [1.82, 2.24) is 10.3 Å². The van der Waals surface area contributed by atoms with Gasteiger partial charge in [0.2, 0.25) is 0 Å². The van der Waals surface area contributed by atoms with Gasteiger partial charge in [-0.1, -0.05) is 12.1 Å². The minimum atomic E-state index is -4.76. The molecule has 0 radical (unpaired) electrons. The monoisotopic (exact) mass is 432 g/mol. The molecule has 0 amide bonds. The minimum Gasteiger partial charge on any atom is -0.497 e. The van der Waals surface area contributed by atoms with Crippen LogP contribution in [0, 0.1) is 0 Å². The predicted octanol–water partition coefficient (Wildman–Crippen LogP) is 3.38. The summed E-state index contributed by atoms with van der Waals surface area (Å²) in [5.41, 5.74) is -3.21. The lowest BCUT2D eigenvalue weighted by atomic mass is 9.84. The van der Waals surface area contributed by atoms with Gasteiger partial charge in [-0.25, -0.2) is 9.78 Å². The van der Waals surface area contributed by atoms with Gasteiger partial charge in [0.1, 0.15) is 17.1 Å². The second-order valence-electron chi connectivity index (χ2n) is 8.23. The highest BCUT2D eigenvalue weighted by molar-refractivity contribution is 6.12. The average Bonchev–Trinajstić information content (AvgIpc) is 3.35. The zero-order chi connectivity index (χ0) is 22.0. The third-order valence-electron chi connectivity index (χ3n) is 6.45. The van der Waals surface area contributed by atoms with E-state index in [4.69, 9.17) is 9.47 Å². The Kier molecular flexibility index (Phi) is 4.21. The van der Waals surface area contributed by atoms with Crippen molar-refractivity contribution in [1.29, 1.82) is 0 Å². The van der Waals surface area contributed by atoms with Crippen molar-refractivity contribution >= 4 is 11.8 Å². The fraction of sp³-hybridized carbons (Fsp3) is 0.409. The van der Waals surface area contributed by atoms with Gasteiger partial charge < -0.3 is 14.8 Å². The lowest BCUT2D eigenvalue weighted by Crippen LogP contribution is -2.30. The number of halogens is 3. The average molecular weight is 432 g/mol. The van der Waals surface area contributed by atoms with Gasteiger partial charge in [0.05, 0.1) is 18.1 Å². The fourth-order valence-electron chi connectivity index (χ4n) is 4.60. The van der Waals surface area contributed by atoms with Crippen LogP contribution in [0.1, 0.15) is 56.9 Å². The van der Waals surface area contributed by atoms with Gasteiger partial charge in [-0.15, -0.1) is 0 Å². The Bertz CT molecular complexity index is 1090. The number of Topliss-reactive ketones (excluding diaryl/α,β-unsaturated/α-hetero) is 1. The predicted molar refractivity (Wildman–Crippen MR) is 102 cm³/mol. The van der Waals surface area contributed by atoms with Gasteiger partial charge in [0.15, 0.2) is 11.4 Å². The summed E-state index contributed by atoms with van der Waals surface area (Å²) < 4.78 is 51.7. The van der Waals surface area contributed by atoms with Gasteiger partial charge in [0, 0.05) is 18.5 Å². The van der Waals surface area contributed by atoms with Crippen LogP contribution in [0.4, 0.5) is 13.2 Å². The number of fused-ring (bicyclic) bond motifs is 2. The van der Waals surface area contributed by atoms with Crippen LogP contribution >= 0.6 is 0 Å². The van der Waals surface area contributed by atoms with Gasteiger partial charge >= 0.3 is 12.1 Å². The molecule has 31 heavy (non-hydrogen) atoms. The number of esters is 1. The summed E-state index contributed by atoms with van der Waals surface area (Å²) in [6, 6.07) is 7.69. The Morgan fingerprint density at radius 3 is 2.45 bits per heavy atom. The van der Waals surface area contributed by atoms with E-state index < -0.39 is 40.3 Å². The number of aromatic nitrogens is 1. The van der Waals surface area contributed by atoms with Crippen LogP contribution in [0.5, 0.6) is 5.75 Å². The Labute approximate surface area is 175 Å². The molecule has 9 heteroatoms. The van der Waals surface area contributed by atoms with Crippen molar-refractivity contribution in [3.05, 3.63) is 58.4 Å². The van der Waals surface area contributed by atoms with Crippen LogP contribution in [0.25, 0.3) is 0 Å². The molecule has 1 saturated carbocycles. The third-order valence-corrected chi connectivity index (χ3v) is 6.45. The molecule has 2 fully saturated rings. The highest BCUT2D eigenvalue weighted by atomic mass is 19.4. The molecular formula is C22H19F3N2O4. The van der Waals surface area contributed by atoms with Crippen LogP contribution in [0.15, 0.2) is 30.3 Å². The molecule has 3 aliphatic rings. The van der Waals surface area contributed by atoms with Gasteiger partial charge in [0.25, 0.3) is 0 Å². The van der Waals surface area contributed by atoms with Crippen molar-refractivity contribution < 1.29 is 32.2 Å². The standard InChI is InChI=1S/C22H19F3N2O4/c1-30-13-4-2-12(3-5-13)20(6-7-20)18(28)17-16-14(10-15(27-17)22(23,24)25)21(31-19(16)29)8-9-26-11-21/h2-5,10,26H,6-9,11H2,1H3/t21-/m0/s1. The molecule has 5 rings (SSSR count). The second-order valence-corrected chi connectivity index (χ2v) is 8.23. The third kappa shape index (κ3) is 2.94. The maximum Gasteiger partial charge on any atom is 0.433 e. The Hall–Kier alpha value is -2.94. The Balaban J connectivity index is 1.66. The van der Waals surface area contributed by atoms with E-state index in [2.05, 4.69) is 10.3 Å². The molecule has 1 saturated heterocycles. The fourth-order valence-corrected chi connectivity index (χ4v) is 4.60. The Morgan fingerprint density at radius 2 is 1.90 bits per heavy atom. The maximum atomic E-state index is 13.7. The number of carbonyl (C=O) groups is 2. The molecule has 2 aromatic rings. The molecule has 6 nitrogen and oxygen atoms in total. The van der Waals surface area contributed by atoms with Crippen molar-refractivity contribution in [2.24, 2.45) is 0 Å². The molecule has 1 aromatic carbocycles. The van der Waals surface area contributed by atoms with E-state index in [0.717, 1.165) is 6.07 Å². The van der Waals surface area contributed by atoms with Crippen LogP contribution in [-0.2, 0) is 21.9 Å². The van der Waals surface area contributed by atoms with Crippen molar-refractivity contribution in [2.45, 2.75) is 36.5 Å². The second kappa shape index (κ2) is 6.53. The van der Waals surface area contributed by atoms with E-state index >= 15 is 0 Å². The first-order valence-electron chi connectivity index (χ1n) is 9.96. The number of nitrogens with zero attached hydrogens (tertiary/aromatic N) is 1. The topological polar surface area (TPSA) is 77.5 Å². The highest BCUT2D eigenvalue weighted by Crippen LogP contribution is 2.52. The molecule has 0 unspecified atom stereocenters. The summed E-state index contributed by atoms with van der Waals surface area (Å²) in [6.45, 7) is 0.694. The number of hydrogen-bond donors (Lipinski definition) is 1.